The molecule has 0 atom stereocenters. The molecule has 2 aromatic heterocycles. The second-order valence-electron chi connectivity index (χ2n) is 11.5. The number of methoxy groups -OCH3 is 1. The second kappa shape index (κ2) is 12.2. The number of carbonyl (C=O) groups is 1. The van der Waals surface area contributed by atoms with Gasteiger partial charge in [0.05, 0.1) is 17.3 Å². The van der Waals surface area contributed by atoms with Gasteiger partial charge >= 0.3 is 5.97 Å². The lowest BCUT2D eigenvalue weighted by Gasteiger charge is -2.42. The largest absolute Gasteiger partial charge is 0.542 e. The summed E-state index contributed by atoms with van der Waals surface area (Å²) in [7, 11) is -1.01. The number of benzene rings is 3. The summed E-state index contributed by atoms with van der Waals surface area (Å²) in [5, 5.41) is 0.799. The van der Waals surface area contributed by atoms with Crippen LogP contribution in [0.15, 0.2) is 78.3 Å². The van der Waals surface area contributed by atoms with Crippen LogP contribution in [0.1, 0.15) is 69.1 Å². The Morgan fingerprint density at radius 1 is 0.833 bits per heavy atom. The van der Waals surface area contributed by atoms with Crippen molar-refractivity contribution in [1.82, 2.24) is 9.97 Å². The van der Waals surface area contributed by atoms with Crippen LogP contribution in [0.2, 0.25) is 16.6 Å². The SMILES string of the molecule is COC(=O)c1cc(O[Si](C(C)C)(C(C)C)C(C)C)c2cc3scnc3nc2c1OC(c1ccccc1)c1ccccc1. The maximum atomic E-state index is 13.5. The molecule has 0 spiro atoms. The van der Waals surface area contributed by atoms with Gasteiger partial charge in [-0.15, -0.1) is 11.3 Å². The van der Waals surface area contributed by atoms with Crippen molar-refractivity contribution in [3.63, 3.8) is 0 Å². The van der Waals surface area contributed by atoms with Crippen LogP contribution in [0, 0.1) is 0 Å². The molecule has 0 saturated heterocycles. The van der Waals surface area contributed by atoms with Gasteiger partial charge in [0.1, 0.15) is 22.9 Å². The van der Waals surface area contributed by atoms with E-state index in [-0.39, 0.29) is 5.56 Å². The highest BCUT2D eigenvalue weighted by Gasteiger charge is 2.47. The third-order valence-electron chi connectivity index (χ3n) is 8.16. The fraction of sp³-hybridized carbons (Fsp3) is 0.324. The van der Waals surface area contributed by atoms with Gasteiger partial charge in [0.2, 0.25) is 0 Å². The van der Waals surface area contributed by atoms with Gasteiger partial charge in [0, 0.05) is 5.39 Å². The van der Waals surface area contributed by atoms with E-state index < -0.39 is 20.4 Å². The topological polar surface area (TPSA) is 70.5 Å². The average molecular weight is 599 g/mol. The first kappa shape index (κ1) is 29.7. The number of fused-ring (bicyclic) bond motifs is 2. The molecule has 3 aromatic carbocycles. The highest BCUT2D eigenvalue weighted by Crippen LogP contribution is 2.47. The summed E-state index contributed by atoms with van der Waals surface area (Å²) in [6.07, 6.45) is -0.492. The number of hydrogen-bond donors (Lipinski definition) is 0. The van der Waals surface area contributed by atoms with Crippen molar-refractivity contribution in [2.45, 2.75) is 64.3 Å². The summed E-state index contributed by atoms with van der Waals surface area (Å²) in [4.78, 5) is 23.0. The zero-order valence-corrected chi connectivity index (χ0v) is 27.1. The fourth-order valence-corrected chi connectivity index (χ4v) is 12.2. The van der Waals surface area contributed by atoms with E-state index >= 15 is 0 Å². The number of carbonyl (C=O) groups excluding carboxylic acids is 1. The first-order valence-electron chi connectivity index (χ1n) is 14.4. The summed E-state index contributed by atoms with van der Waals surface area (Å²) in [5.74, 6) is 0.477. The maximum Gasteiger partial charge on any atom is 0.341 e. The van der Waals surface area contributed by atoms with Crippen LogP contribution in [0.25, 0.3) is 21.3 Å². The first-order chi connectivity index (χ1) is 20.2. The summed E-state index contributed by atoms with van der Waals surface area (Å²) >= 11 is 1.53. The summed E-state index contributed by atoms with van der Waals surface area (Å²) in [5.41, 5.74) is 6.11. The number of pyridine rings is 1. The molecule has 0 amide bonds. The van der Waals surface area contributed by atoms with E-state index in [4.69, 9.17) is 18.9 Å². The molecule has 0 radical (unpaired) electrons. The predicted octanol–water partition coefficient (Wildman–Crippen LogP) is 9.35. The van der Waals surface area contributed by atoms with Gasteiger partial charge in [-0.3, -0.25) is 0 Å². The van der Waals surface area contributed by atoms with Crippen molar-refractivity contribution < 1.29 is 18.7 Å². The number of esters is 1. The Hall–Kier alpha value is -3.75. The molecule has 42 heavy (non-hydrogen) atoms. The molecule has 0 fully saturated rings. The zero-order valence-electron chi connectivity index (χ0n) is 25.3. The number of nitrogens with zero attached hydrogens (tertiary/aromatic N) is 2. The summed E-state index contributed by atoms with van der Waals surface area (Å²) < 4.78 is 20.3. The molecule has 0 bridgehead atoms. The van der Waals surface area contributed by atoms with Crippen molar-refractivity contribution in [2.75, 3.05) is 7.11 Å². The quantitative estimate of drug-likeness (QED) is 0.118. The van der Waals surface area contributed by atoms with Gasteiger partial charge in [-0.05, 0) is 39.9 Å². The molecule has 6 nitrogen and oxygen atoms in total. The number of hydrogen-bond acceptors (Lipinski definition) is 7. The van der Waals surface area contributed by atoms with Crippen LogP contribution in [-0.4, -0.2) is 31.4 Å². The molecule has 0 aliphatic carbocycles. The Labute approximate surface area is 252 Å². The molecule has 5 aromatic rings. The van der Waals surface area contributed by atoms with E-state index in [0.29, 0.717) is 39.3 Å². The van der Waals surface area contributed by atoms with Crippen LogP contribution in [0.4, 0.5) is 0 Å². The van der Waals surface area contributed by atoms with Crippen LogP contribution >= 0.6 is 11.3 Å². The third-order valence-corrected chi connectivity index (χ3v) is 14.9. The Bertz CT molecular complexity index is 1630. The predicted molar refractivity (Wildman–Crippen MR) is 173 cm³/mol. The number of ether oxygens (including phenoxy) is 2. The van der Waals surface area contributed by atoms with Crippen molar-refractivity contribution in [1.29, 1.82) is 0 Å². The summed E-state index contributed by atoms with van der Waals surface area (Å²) in [6, 6.07) is 23.8. The normalized spacial score (nSPS) is 12.2. The van der Waals surface area contributed by atoms with Crippen LogP contribution < -0.4 is 9.16 Å². The van der Waals surface area contributed by atoms with Crippen LogP contribution in [0.5, 0.6) is 11.5 Å². The standard InChI is InChI=1S/C34H38N2O4SSi/c1-21(2)42(22(3)4,23(5)6)40-28-18-27(34(37)38-7)32(30-26(28)19-29-33(36-30)35-20-41-29)39-31(24-14-10-8-11-15-24)25-16-12-9-13-17-25/h8-23,31H,1-7H3. The number of rotatable bonds is 10. The number of aromatic nitrogens is 2. The highest BCUT2D eigenvalue weighted by atomic mass is 32.1. The van der Waals surface area contributed by atoms with Crippen molar-refractivity contribution in [2.24, 2.45) is 0 Å². The van der Waals surface area contributed by atoms with E-state index in [1.54, 1.807) is 11.6 Å². The molecule has 0 unspecified atom stereocenters. The second-order valence-corrected chi connectivity index (χ2v) is 17.8. The molecule has 8 heteroatoms. The monoisotopic (exact) mass is 598 g/mol. The Balaban J connectivity index is 1.80. The molecular formula is C34H38N2O4SSi. The molecule has 0 saturated carbocycles. The van der Waals surface area contributed by atoms with Crippen molar-refractivity contribution in [3.05, 3.63) is 95.0 Å². The lowest BCUT2D eigenvalue weighted by Crippen LogP contribution is -2.50. The average Bonchev–Trinajstić information content (AvgIpc) is 3.45. The van der Waals surface area contributed by atoms with Crippen molar-refractivity contribution >= 4 is 46.9 Å². The molecule has 0 aliphatic heterocycles. The molecule has 2 heterocycles. The maximum absolute atomic E-state index is 13.5. The minimum Gasteiger partial charge on any atom is -0.542 e. The Morgan fingerprint density at radius 3 is 1.93 bits per heavy atom. The van der Waals surface area contributed by atoms with E-state index in [9.17, 15) is 4.79 Å². The third kappa shape index (κ3) is 5.41. The van der Waals surface area contributed by atoms with Gasteiger partial charge in [0.15, 0.2) is 11.4 Å². The molecule has 218 valence electrons. The van der Waals surface area contributed by atoms with Gasteiger partial charge in [0.25, 0.3) is 8.32 Å². The molecular weight excluding hydrogens is 561 g/mol. The van der Waals surface area contributed by atoms with E-state index in [2.05, 4.69) is 52.6 Å². The van der Waals surface area contributed by atoms with E-state index in [0.717, 1.165) is 21.2 Å². The Kier molecular flexibility index (Phi) is 8.66. The lowest BCUT2D eigenvalue weighted by atomic mass is 10.0. The smallest absolute Gasteiger partial charge is 0.341 e. The summed E-state index contributed by atoms with van der Waals surface area (Å²) in [6.45, 7) is 13.5. The highest BCUT2D eigenvalue weighted by molar-refractivity contribution is 7.16. The van der Waals surface area contributed by atoms with Gasteiger partial charge in [-0.2, -0.15) is 0 Å². The molecule has 5 rings (SSSR count). The number of thiazole rings is 1. The fourth-order valence-electron chi connectivity index (χ4n) is 6.27. The zero-order chi connectivity index (χ0) is 30.0. The molecule has 0 aliphatic rings. The van der Waals surface area contributed by atoms with Crippen molar-refractivity contribution in [3.8, 4) is 11.5 Å². The van der Waals surface area contributed by atoms with Gasteiger partial charge < -0.3 is 13.9 Å². The van der Waals surface area contributed by atoms with Gasteiger partial charge in [-0.25, -0.2) is 14.8 Å². The first-order valence-corrected chi connectivity index (χ1v) is 17.4. The minimum atomic E-state index is -2.39. The minimum absolute atomic E-state index is 0.276. The van der Waals surface area contributed by atoms with E-state index in [1.165, 1.54) is 18.4 Å². The molecule has 0 N–H and O–H groups in total. The Morgan fingerprint density at radius 2 is 1.40 bits per heavy atom. The van der Waals surface area contributed by atoms with Crippen LogP contribution in [-0.2, 0) is 4.74 Å². The van der Waals surface area contributed by atoms with Crippen LogP contribution in [0.3, 0.4) is 0 Å². The van der Waals surface area contributed by atoms with Gasteiger partial charge in [-0.1, -0.05) is 102 Å². The lowest BCUT2D eigenvalue weighted by molar-refractivity contribution is 0.0594. The van der Waals surface area contributed by atoms with E-state index in [1.807, 2.05) is 60.7 Å².